The Morgan fingerprint density at radius 1 is 1.22 bits per heavy atom. The molecule has 7 nitrogen and oxygen atoms in total. The van der Waals surface area contributed by atoms with Gasteiger partial charge in [0.1, 0.15) is 0 Å². The summed E-state index contributed by atoms with van der Waals surface area (Å²) in [4.78, 5) is 30.8. The zero-order chi connectivity index (χ0) is 18.9. The highest BCUT2D eigenvalue weighted by molar-refractivity contribution is 7.15. The number of primary amides is 1. The molecule has 3 amide bonds. The number of fused-ring (bicyclic) bond motifs is 1. The molecule has 27 heavy (non-hydrogen) atoms. The van der Waals surface area contributed by atoms with Crippen molar-refractivity contribution in [3.05, 3.63) is 59.4 Å². The number of amides is 3. The van der Waals surface area contributed by atoms with Gasteiger partial charge in [0.05, 0.1) is 12.2 Å². The Labute approximate surface area is 160 Å². The molecule has 0 unspecified atom stereocenters. The lowest BCUT2D eigenvalue weighted by molar-refractivity contribution is -0.131. The standard InChI is InChI=1S/C19H21N5O2S/c20-17(26)21-12-16(25)23-8-6-19(7-9-23,14-4-2-1-3-5-14)15-13-24-10-11-27-18(24)22-15/h1-5,10-11,13H,6-9,12H2,(H3,20,21,26). The van der Waals surface area contributed by atoms with E-state index in [0.29, 0.717) is 13.1 Å². The number of piperidine rings is 1. The number of urea groups is 1. The van der Waals surface area contributed by atoms with E-state index in [1.807, 2.05) is 29.8 Å². The molecule has 8 heteroatoms. The molecule has 0 radical (unpaired) electrons. The average Bonchev–Trinajstić information content (AvgIpc) is 3.29. The third-order valence-corrected chi connectivity index (χ3v) is 6.06. The third kappa shape index (κ3) is 3.28. The predicted octanol–water partition coefficient (Wildman–Crippen LogP) is 1.97. The van der Waals surface area contributed by atoms with E-state index >= 15 is 0 Å². The molecule has 1 aliphatic heterocycles. The summed E-state index contributed by atoms with van der Waals surface area (Å²) in [6, 6.07) is 9.70. The van der Waals surface area contributed by atoms with Crippen molar-refractivity contribution in [3.63, 3.8) is 0 Å². The van der Waals surface area contributed by atoms with Crippen LogP contribution in [0.2, 0.25) is 0 Å². The van der Waals surface area contributed by atoms with Crippen LogP contribution >= 0.6 is 11.3 Å². The number of thiazole rings is 1. The summed E-state index contributed by atoms with van der Waals surface area (Å²) >= 11 is 1.62. The second-order valence-corrected chi connectivity index (χ2v) is 7.64. The molecule has 3 aromatic rings. The molecular formula is C19H21N5O2S. The van der Waals surface area contributed by atoms with Crippen molar-refractivity contribution in [2.45, 2.75) is 18.3 Å². The first-order valence-corrected chi connectivity index (χ1v) is 9.76. The maximum atomic E-state index is 12.3. The number of nitrogens with one attached hydrogen (secondary N) is 1. The van der Waals surface area contributed by atoms with Crippen molar-refractivity contribution >= 4 is 28.2 Å². The van der Waals surface area contributed by atoms with Gasteiger partial charge in [0.2, 0.25) is 5.91 Å². The fourth-order valence-electron chi connectivity index (χ4n) is 3.82. The number of aromatic nitrogens is 2. The van der Waals surface area contributed by atoms with Gasteiger partial charge in [-0.2, -0.15) is 0 Å². The Balaban J connectivity index is 1.61. The van der Waals surface area contributed by atoms with Crippen LogP contribution in [0.5, 0.6) is 0 Å². The Morgan fingerprint density at radius 2 is 1.96 bits per heavy atom. The van der Waals surface area contributed by atoms with Gasteiger partial charge >= 0.3 is 6.03 Å². The SMILES string of the molecule is NC(=O)NCC(=O)N1CCC(c2ccccc2)(c2cn3ccsc3n2)CC1. The van der Waals surface area contributed by atoms with Crippen LogP contribution in [-0.4, -0.2) is 45.9 Å². The minimum atomic E-state index is -0.683. The number of benzene rings is 1. The van der Waals surface area contributed by atoms with Crippen molar-refractivity contribution in [1.29, 1.82) is 0 Å². The Bertz CT molecular complexity index is 928. The zero-order valence-electron chi connectivity index (χ0n) is 14.8. The summed E-state index contributed by atoms with van der Waals surface area (Å²) < 4.78 is 2.05. The van der Waals surface area contributed by atoms with Crippen LogP contribution in [0.3, 0.4) is 0 Å². The number of imidazole rings is 1. The van der Waals surface area contributed by atoms with E-state index in [2.05, 4.69) is 28.0 Å². The van der Waals surface area contributed by atoms with Gasteiger partial charge in [-0.15, -0.1) is 11.3 Å². The lowest BCUT2D eigenvalue weighted by Gasteiger charge is -2.41. The first kappa shape index (κ1) is 17.5. The average molecular weight is 383 g/mol. The molecule has 0 bridgehead atoms. The molecule has 2 aromatic heterocycles. The van der Waals surface area contributed by atoms with Crippen LogP contribution in [0.1, 0.15) is 24.1 Å². The molecule has 1 fully saturated rings. The van der Waals surface area contributed by atoms with Crippen molar-refractivity contribution in [2.75, 3.05) is 19.6 Å². The number of carbonyl (C=O) groups is 2. The van der Waals surface area contributed by atoms with Crippen LogP contribution in [0.25, 0.3) is 4.96 Å². The van der Waals surface area contributed by atoms with Crippen LogP contribution < -0.4 is 11.1 Å². The summed E-state index contributed by atoms with van der Waals surface area (Å²) in [6.07, 6.45) is 5.68. The number of nitrogens with two attached hydrogens (primary N) is 1. The summed E-state index contributed by atoms with van der Waals surface area (Å²) in [6.45, 7) is 1.16. The van der Waals surface area contributed by atoms with Gasteiger partial charge in [-0.1, -0.05) is 30.3 Å². The molecule has 1 aromatic carbocycles. The Kier molecular flexibility index (Phi) is 4.57. The maximum absolute atomic E-state index is 12.3. The number of carbonyl (C=O) groups excluding carboxylic acids is 2. The summed E-state index contributed by atoms with van der Waals surface area (Å²) in [7, 11) is 0. The Morgan fingerprint density at radius 3 is 2.63 bits per heavy atom. The van der Waals surface area contributed by atoms with Gasteiger partial charge in [0, 0.05) is 36.3 Å². The molecule has 1 aliphatic rings. The maximum Gasteiger partial charge on any atom is 0.312 e. The highest BCUT2D eigenvalue weighted by Gasteiger charge is 2.40. The molecule has 4 rings (SSSR count). The van der Waals surface area contributed by atoms with Gasteiger partial charge in [-0.05, 0) is 18.4 Å². The molecule has 0 atom stereocenters. The summed E-state index contributed by atoms with van der Waals surface area (Å²) in [5.41, 5.74) is 7.11. The fourth-order valence-corrected chi connectivity index (χ4v) is 4.52. The molecular weight excluding hydrogens is 362 g/mol. The van der Waals surface area contributed by atoms with Gasteiger partial charge in [0.25, 0.3) is 0 Å². The van der Waals surface area contributed by atoms with E-state index in [-0.39, 0.29) is 17.9 Å². The van der Waals surface area contributed by atoms with Gasteiger partial charge in [0.15, 0.2) is 4.96 Å². The topological polar surface area (TPSA) is 92.7 Å². The largest absolute Gasteiger partial charge is 0.352 e. The minimum Gasteiger partial charge on any atom is -0.352 e. The number of hydrogen-bond acceptors (Lipinski definition) is 4. The van der Waals surface area contributed by atoms with E-state index in [1.54, 1.807) is 16.2 Å². The predicted molar refractivity (Wildman–Crippen MR) is 104 cm³/mol. The van der Waals surface area contributed by atoms with Crippen LogP contribution in [0.4, 0.5) is 4.79 Å². The van der Waals surface area contributed by atoms with Gasteiger partial charge in [-0.25, -0.2) is 9.78 Å². The summed E-state index contributed by atoms with van der Waals surface area (Å²) in [5.74, 6) is -0.110. The minimum absolute atomic E-state index is 0.0616. The quantitative estimate of drug-likeness (QED) is 0.721. The normalized spacial score (nSPS) is 16.4. The molecule has 0 aliphatic carbocycles. The molecule has 140 valence electrons. The van der Waals surface area contributed by atoms with E-state index in [1.165, 1.54) is 5.56 Å². The Hall–Kier alpha value is -2.87. The molecule has 3 heterocycles. The van der Waals surface area contributed by atoms with E-state index in [0.717, 1.165) is 23.5 Å². The van der Waals surface area contributed by atoms with Gasteiger partial charge in [-0.3, -0.25) is 9.20 Å². The second kappa shape index (κ2) is 7.03. The highest BCUT2D eigenvalue weighted by Crippen LogP contribution is 2.41. The van der Waals surface area contributed by atoms with Crippen molar-refractivity contribution in [1.82, 2.24) is 19.6 Å². The van der Waals surface area contributed by atoms with Crippen LogP contribution in [-0.2, 0) is 10.2 Å². The number of hydrogen-bond donors (Lipinski definition) is 2. The summed E-state index contributed by atoms with van der Waals surface area (Å²) in [5, 5.41) is 4.40. The van der Waals surface area contributed by atoms with Crippen LogP contribution in [0.15, 0.2) is 48.1 Å². The second-order valence-electron chi connectivity index (χ2n) is 6.77. The fraction of sp³-hybridized carbons (Fsp3) is 0.316. The van der Waals surface area contributed by atoms with Gasteiger partial charge < -0.3 is 16.0 Å². The molecule has 3 N–H and O–H groups in total. The van der Waals surface area contributed by atoms with Crippen molar-refractivity contribution in [2.24, 2.45) is 5.73 Å². The monoisotopic (exact) mass is 383 g/mol. The van der Waals surface area contributed by atoms with Crippen molar-refractivity contribution in [3.8, 4) is 0 Å². The first-order valence-electron chi connectivity index (χ1n) is 8.88. The van der Waals surface area contributed by atoms with Crippen LogP contribution in [0, 0.1) is 0 Å². The van der Waals surface area contributed by atoms with E-state index in [9.17, 15) is 9.59 Å². The number of likely N-dealkylation sites (tertiary alicyclic amines) is 1. The molecule has 1 saturated heterocycles. The van der Waals surface area contributed by atoms with E-state index in [4.69, 9.17) is 10.7 Å². The van der Waals surface area contributed by atoms with Crippen molar-refractivity contribution < 1.29 is 9.59 Å². The first-order chi connectivity index (χ1) is 13.1. The highest BCUT2D eigenvalue weighted by atomic mass is 32.1. The third-order valence-electron chi connectivity index (χ3n) is 5.29. The van der Waals surface area contributed by atoms with E-state index < -0.39 is 6.03 Å². The molecule has 0 spiro atoms. The lowest BCUT2D eigenvalue weighted by Crippen LogP contribution is -2.49. The number of rotatable bonds is 4. The smallest absolute Gasteiger partial charge is 0.312 e. The number of nitrogens with zero attached hydrogens (tertiary/aromatic N) is 3. The molecule has 0 saturated carbocycles. The zero-order valence-corrected chi connectivity index (χ0v) is 15.6. The lowest BCUT2D eigenvalue weighted by atomic mass is 9.70.